The van der Waals surface area contributed by atoms with Crippen molar-refractivity contribution in [2.24, 2.45) is 0 Å². The number of hydrogen-bond donors (Lipinski definition) is 0. The molecule has 0 aliphatic carbocycles. The predicted molar refractivity (Wildman–Crippen MR) is 60.7 cm³/mol. The summed E-state index contributed by atoms with van der Waals surface area (Å²) in [6, 6.07) is 5.82. The molecule has 0 N–H and O–H groups in total. The molecule has 3 aromatic rings. The highest BCUT2D eigenvalue weighted by atomic mass is 19.1. The molecule has 88 valence electrons. The van der Waals surface area contributed by atoms with Crippen molar-refractivity contribution in [2.45, 2.75) is 0 Å². The summed E-state index contributed by atoms with van der Waals surface area (Å²) in [6.07, 6.45) is 4.62. The topological polar surface area (TPSA) is 64.7 Å². The highest BCUT2D eigenvalue weighted by Gasteiger charge is 2.11. The SMILES string of the molecule is Fc1ccc(-c2nnc(-c3cnccn3)o2)cc1. The molecule has 0 saturated heterocycles. The summed E-state index contributed by atoms with van der Waals surface area (Å²) >= 11 is 0. The van der Waals surface area contributed by atoms with E-state index in [9.17, 15) is 4.39 Å². The summed E-state index contributed by atoms with van der Waals surface area (Å²) < 4.78 is 18.2. The first-order valence-corrected chi connectivity index (χ1v) is 5.19. The Morgan fingerprint density at radius 3 is 2.44 bits per heavy atom. The molecular weight excluding hydrogens is 235 g/mol. The van der Waals surface area contributed by atoms with Gasteiger partial charge in [0, 0.05) is 18.0 Å². The smallest absolute Gasteiger partial charge is 0.268 e. The molecule has 1 aromatic carbocycles. The summed E-state index contributed by atoms with van der Waals surface area (Å²) in [5.74, 6) is 0.283. The first kappa shape index (κ1) is 10.5. The second-order valence-electron chi connectivity index (χ2n) is 3.51. The molecule has 0 aliphatic heterocycles. The predicted octanol–water partition coefficient (Wildman–Crippen LogP) is 2.33. The first-order valence-electron chi connectivity index (χ1n) is 5.19. The number of aromatic nitrogens is 4. The normalized spacial score (nSPS) is 10.5. The van der Waals surface area contributed by atoms with Crippen molar-refractivity contribution in [1.82, 2.24) is 20.2 Å². The quantitative estimate of drug-likeness (QED) is 0.690. The fraction of sp³-hybridized carbons (Fsp3) is 0. The molecule has 0 radical (unpaired) electrons. The lowest BCUT2D eigenvalue weighted by Crippen LogP contribution is -1.83. The fourth-order valence-electron chi connectivity index (χ4n) is 1.45. The minimum Gasteiger partial charge on any atom is -0.415 e. The van der Waals surface area contributed by atoms with E-state index in [0.29, 0.717) is 17.1 Å². The molecule has 0 spiro atoms. The number of nitrogens with zero attached hydrogens (tertiary/aromatic N) is 4. The molecule has 0 saturated carbocycles. The largest absolute Gasteiger partial charge is 0.415 e. The molecule has 2 aromatic heterocycles. The van der Waals surface area contributed by atoms with E-state index in [4.69, 9.17) is 4.42 Å². The van der Waals surface area contributed by atoms with Gasteiger partial charge in [-0.1, -0.05) is 0 Å². The third-order valence-electron chi connectivity index (χ3n) is 2.30. The number of rotatable bonds is 2. The van der Waals surface area contributed by atoms with Gasteiger partial charge < -0.3 is 4.42 Å². The first-order chi connectivity index (χ1) is 8.83. The van der Waals surface area contributed by atoms with Crippen molar-refractivity contribution < 1.29 is 8.81 Å². The molecule has 2 heterocycles. The zero-order valence-electron chi connectivity index (χ0n) is 9.12. The Morgan fingerprint density at radius 2 is 1.72 bits per heavy atom. The van der Waals surface area contributed by atoms with Gasteiger partial charge in [0.2, 0.25) is 5.89 Å². The Bertz CT molecular complexity index is 651. The van der Waals surface area contributed by atoms with Gasteiger partial charge in [-0.05, 0) is 24.3 Å². The lowest BCUT2D eigenvalue weighted by molar-refractivity contribution is 0.581. The number of hydrogen-bond acceptors (Lipinski definition) is 5. The van der Waals surface area contributed by atoms with E-state index in [0.717, 1.165) is 0 Å². The molecule has 0 atom stereocenters. The summed E-state index contributed by atoms with van der Waals surface area (Å²) in [5, 5.41) is 7.76. The number of benzene rings is 1. The van der Waals surface area contributed by atoms with Gasteiger partial charge in [0.25, 0.3) is 5.89 Å². The van der Waals surface area contributed by atoms with Crippen LogP contribution in [0.2, 0.25) is 0 Å². The van der Waals surface area contributed by atoms with Gasteiger partial charge in [-0.3, -0.25) is 4.98 Å². The van der Waals surface area contributed by atoms with Gasteiger partial charge in [0.15, 0.2) is 0 Å². The van der Waals surface area contributed by atoms with Crippen molar-refractivity contribution in [3.63, 3.8) is 0 Å². The van der Waals surface area contributed by atoms with Crippen LogP contribution in [0.5, 0.6) is 0 Å². The van der Waals surface area contributed by atoms with Crippen molar-refractivity contribution in [3.05, 3.63) is 48.7 Å². The second kappa shape index (κ2) is 4.33. The van der Waals surface area contributed by atoms with E-state index in [1.54, 1.807) is 18.3 Å². The van der Waals surface area contributed by atoms with E-state index in [1.165, 1.54) is 24.5 Å². The molecule has 0 fully saturated rings. The van der Waals surface area contributed by atoms with Crippen molar-refractivity contribution >= 4 is 0 Å². The van der Waals surface area contributed by atoms with Crippen LogP contribution in [0.1, 0.15) is 0 Å². The molecule has 6 heteroatoms. The minimum absolute atomic E-state index is 0.280. The molecule has 0 unspecified atom stereocenters. The summed E-state index contributed by atoms with van der Waals surface area (Å²) in [4.78, 5) is 7.97. The lowest BCUT2D eigenvalue weighted by atomic mass is 10.2. The van der Waals surface area contributed by atoms with Gasteiger partial charge in [-0.2, -0.15) is 0 Å². The second-order valence-corrected chi connectivity index (χ2v) is 3.51. The number of halogens is 1. The van der Waals surface area contributed by atoms with Crippen LogP contribution in [-0.4, -0.2) is 20.2 Å². The van der Waals surface area contributed by atoms with Crippen LogP contribution in [0, 0.1) is 5.82 Å². The van der Waals surface area contributed by atoms with E-state index in [1.807, 2.05) is 0 Å². The van der Waals surface area contributed by atoms with Crippen LogP contribution in [0.3, 0.4) is 0 Å². The molecule has 0 amide bonds. The van der Waals surface area contributed by atoms with Crippen molar-refractivity contribution in [3.8, 4) is 23.0 Å². The Hall–Kier alpha value is -2.63. The Morgan fingerprint density at radius 1 is 0.944 bits per heavy atom. The molecule has 0 bridgehead atoms. The maximum atomic E-state index is 12.8. The minimum atomic E-state index is -0.313. The van der Waals surface area contributed by atoms with E-state index in [-0.39, 0.29) is 11.7 Å². The Balaban J connectivity index is 1.97. The summed E-state index contributed by atoms with van der Waals surface area (Å²) in [7, 11) is 0. The van der Waals surface area contributed by atoms with Gasteiger partial charge in [-0.15, -0.1) is 10.2 Å². The van der Waals surface area contributed by atoms with Gasteiger partial charge >= 0.3 is 0 Å². The third-order valence-corrected chi connectivity index (χ3v) is 2.30. The Kier molecular flexibility index (Phi) is 2.53. The third kappa shape index (κ3) is 1.95. The van der Waals surface area contributed by atoms with Gasteiger partial charge in [0.1, 0.15) is 11.5 Å². The Labute approximate surface area is 101 Å². The highest BCUT2D eigenvalue weighted by Crippen LogP contribution is 2.22. The molecule has 5 nitrogen and oxygen atoms in total. The van der Waals surface area contributed by atoms with Gasteiger partial charge in [-0.25, -0.2) is 9.37 Å². The van der Waals surface area contributed by atoms with Crippen LogP contribution in [0.25, 0.3) is 23.0 Å². The average molecular weight is 242 g/mol. The maximum absolute atomic E-state index is 12.8. The zero-order chi connectivity index (χ0) is 12.4. The van der Waals surface area contributed by atoms with Crippen molar-refractivity contribution in [2.75, 3.05) is 0 Å². The van der Waals surface area contributed by atoms with Crippen LogP contribution in [0.15, 0.2) is 47.3 Å². The maximum Gasteiger partial charge on any atom is 0.268 e. The monoisotopic (exact) mass is 242 g/mol. The van der Waals surface area contributed by atoms with Crippen LogP contribution < -0.4 is 0 Å². The molecule has 18 heavy (non-hydrogen) atoms. The molecule has 0 aliphatic rings. The zero-order valence-corrected chi connectivity index (χ0v) is 9.12. The molecular formula is C12H7FN4O. The van der Waals surface area contributed by atoms with Crippen LogP contribution >= 0.6 is 0 Å². The summed E-state index contributed by atoms with van der Waals surface area (Å²) in [5.41, 5.74) is 1.15. The average Bonchev–Trinajstić information content (AvgIpc) is 2.90. The molecule has 3 rings (SSSR count). The van der Waals surface area contributed by atoms with Gasteiger partial charge in [0.05, 0.1) is 6.20 Å². The fourth-order valence-corrected chi connectivity index (χ4v) is 1.45. The highest BCUT2D eigenvalue weighted by molar-refractivity contribution is 5.54. The van der Waals surface area contributed by atoms with E-state index in [2.05, 4.69) is 20.2 Å². The lowest BCUT2D eigenvalue weighted by Gasteiger charge is -1.94. The standard InChI is InChI=1S/C12H7FN4O/c13-9-3-1-8(2-4-9)11-16-17-12(18-11)10-7-14-5-6-15-10/h1-7H. The van der Waals surface area contributed by atoms with E-state index < -0.39 is 0 Å². The summed E-state index contributed by atoms with van der Waals surface area (Å²) in [6.45, 7) is 0. The van der Waals surface area contributed by atoms with Crippen LogP contribution in [0.4, 0.5) is 4.39 Å². The van der Waals surface area contributed by atoms with E-state index >= 15 is 0 Å². The van der Waals surface area contributed by atoms with Crippen molar-refractivity contribution in [1.29, 1.82) is 0 Å². The van der Waals surface area contributed by atoms with Crippen LogP contribution in [-0.2, 0) is 0 Å².